The number of rotatable bonds is 6. The minimum Gasteiger partial charge on any atom is -0.495 e. The zero-order valence-corrected chi connectivity index (χ0v) is 19.8. The van der Waals surface area contributed by atoms with Crippen molar-refractivity contribution in [3.63, 3.8) is 0 Å². The van der Waals surface area contributed by atoms with Gasteiger partial charge in [0.25, 0.3) is 5.91 Å². The second kappa shape index (κ2) is 9.85. The van der Waals surface area contributed by atoms with Crippen molar-refractivity contribution in [3.8, 4) is 5.75 Å². The summed E-state index contributed by atoms with van der Waals surface area (Å²) in [6.45, 7) is 1.06. The van der Waals surface area contributed by atoms with Gasteiger partial charge in [-0.15, -0.1) is 23.5 Å². The summed E-state index contributed by atoms with van der Waals surface area (Å²) in [5.41, 5.74) is 2.07. The summed E-state index contributed by atoms with van der Waals surface area (Å²) in [5.74, 6) is 2.41. The molecule has 0 unspecified atom stereocenters. The van der Waals surface area contributed by atoms with E-state index in [0.29, 0.717) is 34.7 Å². The molecule has 2 aromatic carbocycles. The average Bonchev–Trinajstić information content (AvgIpc) is 3.35. The summed E-state index contributed by atoms with van der Waals surface area (Å²) < 4.78 is 33.3. The lowest BCUT2D eigenvalue weighted by Crippen LogP contribution is -2.35. The zero-order chi connectivity index (χ0) is 21.8. The fraction of sp³-hybridized carbons (Fsp3) is 0.409. The molecule has 2 heterocycles. The van der Waals surface area contributed by atoms with Crippen molar-refractivity contribution in [2.24, 2.45) is 0 Å². The van der Waals surface area contributed by atoms with Gasteiger partial charge in [0.15, 0.2) is 0 Å². The number of anilines is 1. The Morgan fingerprint density at radius 2 is 1.71 bits per heavy atom. The first kappa shape index (κ1) is 22.5. The van der Waals surface area contributed by atoms with Gasteiger partial charge < -0.3 is 10.1 Å². The van der Waals surface area contributed by atoms with Gasteiger partial charge in [0.2, 0.25) is 10.0 Å². The Balaban J connectivity index is 1.54. The highest BCUT2D eigenvalue weighted by Crippen LogP contribution is 2.45. The number of amides is 1. The van der Waals surface area contributed by atoms with Crippen LogP contribution in [0.3, 0.4) is 0 Å². The van der Waals surface area contributed by atoms with Crippen LogP contribution in [-0.2, 0) is 10.0 Å². The number of benzene rings is 2. The number of hydrogen-bond acceptors (Lipinski definition) is 6. The molecule has 0 atom stereocenters. The van der Waals surface area contributed by atoms with Crippen LogP contribution in [0.2, 0.25) is 0 Å². The monoisotopic (exact) mass is 478 g/mol. The van der Waals surface area contributed by atoms with Crippen molar-refractivity contribution in [2.75, 3.05) is 37.0 Å². The van der Waals surface area contributed by atoms with E-state index in [0.717, 1.165) is 30.8 Å². The summed E-state index contributed by atoms with van der Waals surface area (Å²) in [4.78, 5) is 13.0. The van der Waals surface area contributed by atoms with Crippen LogP contribution in [0.15, 0.2) is 47.4 Å². The predicted octanol–water partition coefficient (Wildman–Crippen LogP) is 4.60. The SMILES string of the molecule is COc1ccc(S(=O)(=O)N2CCCCC2)cc1NC(=O)c1ccc(C2SCCS2)cc1. The minimum absolute atomic E-state index is 0.163. The lowest BCUT2D eigenvalue weighted by Gasteiger charge is -2.26. The lowest BCUT2D eigenvalue weighted by atomic mass is 10.1. The molecule has 9 heteroatoms. The van der Waals surface area contributed by atoms with Gasteiger partial charge in [-0.05, 0) is 48.7 Å². The van der Waals surface area contributed by atoms with Crippen LogP contribution in [0.5, 0.6) is 5.75 Å². The first-order valence-electron chi connectivity index (χ1n) is 10.3. The second-order valence-electron chi connectivity index (χ2n) is 7.48. The highest BCUT2D eigenvalue weighted by Gasteiger charge is 2.27. The van der Waals surface area contributed by atoms with Gasteiger partial charge >= 0.3 is 0 Å². The maximum absolute atomic E-state index is 13.0. The van der Waals surface area contributed by atoms with E-state index in [2.05, 4.69) is 5.32 Å². The number of piperidine rings is 1. The van der Waals surface area contributed by atoms with E-state index < -0.39 is 10.0 Å². The number of thioether (sulfide) groups is 2. The maximum Gasteiger partial charge on any atom is 0.255 e. The number of carbonyl (C=O) groups is 1. The summed E-state index contributed by atoms with van der Waals surface area (Å²) in [5, 5.41) is 2.82. The van der Waals surface area contributed by atoms with Crippen LogP contribution >= 0.6 is 23.5 Å². The van der Waals surface area contributed by atoms with Crippen molar-refractivity contribution in [1.29, 1.82) is 0 Å². The van der Waals surface area contributed by atoms with E-state index in [1.54, 1.807) is 6.07 Å². The molecule has 2 aliphatic rings. The molecule has 31 heavy (non-hydrogen) atoms. The Morgan fingerprint density at radius 1 is 1.03 bits per heavy atom. The molecule has 0 bridgehead atoms. The number of sulfonamides is 1. The number of nitrogens with zero attached hydrogens (tertiary/aromatic N) is 1. The topological polar surface area (TPSA) is 75.7 Å². The number of carbonyl (C=O) groups excluding carboxylic acids is 1. The summed E-state index contributed by atoms with van der Waals surface area (Å²) in [6.07, 6.45) is 2.78. The van der Waals surface area contributed by atoms with Gasteiger partial charge in [0, 0.05) is 30.2 Å². The van der Waals surface area contributed by atoms with Gasteiger partial charge in [-0.25, -0.2) is 8.42 Å². The molecule has 0 spiro atoms. The van der Waals surface area contributed by atoms with Crippen LogP contribution in [0.1, 0.15) is 39.8 Å². The smallest absolute Gasteiger partial charge is 0.255 e. The Bertz CT molecular complexity index is 1030. The number of ether oxygens (including phenoxy) is 1. The van der Waals surface area contributed by atoms with E-state index in [1.807, 2.05) is 47.8 Å². The molecular formula is C22H26N2O4S3. The Hall–Kier alpha value is -1.68. The predicted molar refractivity (Wildman–Crippen MR) is 128 cm³/mol. The normalized spacial score (nSPS) is 18.1. The van der Waals surface area contributed by atoms with E-state index in [4.69, 9.17) is 4.74 Å². The summed E-state index contributed by atoms with van der Waals surface area (Å²) >= 11 is 3.84. The molecule has 2 aliphatic heterocycles. The standard InChI is InChI=1S/C22H26N2O4S3/c1-28-20-10-9-18(31(26,27)24-11-3-2-4-12-24)15-19(20)23-21(25)16-5-7-17(8-6-16)22-29-13-14-30-22/h5-10,15,22H,2-4,11-14H2,1H3,(H,23,25). The molecule has 1 amide bonds. The van der Waals surface area contributed by atoms with Crippen molar-refractivity contribution >= 4 is 45.1 Å². The molecule has 4 rings (SSSR count). The van der Waals surface area contributed by atoms with Crippen LogP contribution in [0.25, 0.3) is 0 Å². The molecule has 0 aliphatic carbocycles. The van der Waals surface area contributed by atoms with E-state index in [9.17, 15) is 13.2 Å². The molecule has 1 N–H and O–H groups in total. The zero-order valence-electron chi connectivity index (χ0n) is 17.4. The van der Waals surface area contributed by atoms with Gasteiger partial charge in [0.05, 0.1) is 22.3 Å². The molecule has 6 nitrogen and oxygen atoms in total. The minimum atomic E-state index is -3.60. The molecule has 2 fully saturated rings. The fourth-order valence-electron chi connectivity index (χ4n) is 3.74. The van der Waals surface area contributed by atoms with Crippen molar-refractivity contribution < 1.29 is 17.9 Å². The number of nitrogens with one attached hydrogen (secondary N) is 1. The quantitative estimate of drug-likeness (QED) is 0.654. The second-order valence-corrected chi connectivity index (χ2v) is 12.1. The first-order valence-corrected chi connectivity index (χ1v) is 13.9. The third-order valence-electron chi connectivity index (χ3n) is 5.44. The van der Waals surface area contributed by atoms with Crippen molar-refractivity contribution in [1.82, 2.24) is 4.31 Å². The summed E-state index contributed by atoms with van der Waals surface area (Å²) in [6, 6.07) is 12.2. The maximum atomic E-state index is 13.0. The van der Waals surface area contributed by atoms with Crippen molar-refractivity contribution in [3.05, 3.63) is 53.6 Å². The Labute approximate surface area is 192 Å². The van der Waals surface area contributed by atoms with E-state index >= 15 is 0 Å². The fourth-order valence-corrected chi connectivity index (χ4v) is 8.14. The third kappa shape index (κ3) is 5.05. The van der Waals surface area contributed by atoms with Crippen LogP contribution in [0, 0.1) is 0 Å². The van der Waals surface area contributed by atoms with Crippen LogP contribution in [0.4, 0.5) is 5.69 Å². The van der Waals surface area contributed by atoms with Gasteiger partial charge in [-0.3, -0.25) is 4.79 Å². The highest BCUT2D eigenvalue weighted by molar-refractivity contribution is 8.19. The molecular weight excluding hydrogens is 452 g/mol. The van der Waals surface area contributed by atoms with Gasteiger partial charge in [-0.1, -0.05) is 18.6 Å². The molecule has 166 valence electrons. The van der Waals surface area contributed by atoms with Crippen LogP contribution in [-0.4, -0.2) is 50.3 Å². The van der Waals surface area contributed by atoms with E-state index in [-0.39, 0.29) is 10.8 Å². The molecule has 2 saturated heterocycles. The van der Waals surface area contributed by atoms with Gasteiger partial charge in [-0.2, -0.15) is 4.31 Å². The van der Waals surface area contributed by atoms with Crippen molar-refractivity contribution in [2.45, 2.75) is 28.7 Å². The molecule has 0 saturated carbocycles. The molecule has 0 radical (unpaired) electrons. The highest BCUT2D eigenvalue weighted by atomic mass is 32.2. The molecule has 0 aromatic heterocycles. The molecule has 2 aromatic rings. The Kier molecular flexibility index (Phi) is 7.15. The van der Waals surface area contributed by atoms with E-state index in [1.165, 1.54) is 29.1 Å². The largest absolute Gasteiger partial charge is 0.495 e. The van der Waals surface area contributed by atoms with Crippen LogP contribution < -0.4 is 10.1 Å². The average molecular weight is 479 g/mol. The van der Waals surface area contributed by atoms with Gasteiger partial charge in [0.1, 0.15) is 5.75 Å². The first-order chi connectivity index (χ1) is 15.0. The number of methoxy groups -OCH3 is 1. The summed E-state index contributed by atoms with van der Waals surface area (Å²) in [7, 11) is -2.11. The Morgan fingerprint density at radius 3 is 2.35 bits per heavy atom. The number of hydrogen-bond donors (Lipinski definition) is 1. The lowest BCUT2D eigenvalue weighted by molar-refractivity contribution is 0.102. The third-order valence-corrected chi connectivity index (χ3v) is 10.4.